The molecule has 0 heterocycles. The third-order valence-electron chi connectivity index (χ3n) is 4.17. The van der Waals surface area contributed by atoms with Gasteiger partial charge in [-0.25, -0.2) is 4.79 Å². The lowest BCUT2D eigenvalue weighted by Crippen LogP contribution is -2.30. The lowest BCUT2D eigenvalue weighted by Gasteiger charge is -2.20. The van der Waals surface area contributed by atoms with E-state index in [1.54, 1.807) is 32.4 Å². The van der Waals surface area contributed by atoms with E-state index in [0.29, 0.717) is 23.7 Å². The minimum absolute atomic E-state index is 0.207. The molecule has 0 atom stereocenters. The third-order valence-corrected chi connectivity index (χ3v) is 5.64. The molecule has 0 radical (unpaired) electrons. The first-order valence-corrected chi connectivity index (χ1v) is 9.66. The van der Waals surface area contributed by atoms with Crippen molar-refractivity contribution in [3.8, 4) is 11.5 Å². The quantitative estimate of drug-likeness (QED) is 0.686. The van der Waals surface area contributed by atoms with Crippen LogP contribution in [0.4, 0.5) is 10.5 Å². The second-order valence-electron chi connectivity index (χ2n) is 5.93. The monoisotopic (exact) mass is 352 g/mol. The predicted octanol–water partition coefficient (Wildman–Crippen LogP) is 4.28. The maximum atomic E-state index is 12.0. The van der Waals surface area contributed by atoms with Crippen molar-refractivity contribution in [2.45, 2.75) is 43.8 Å². The number of hydrogen-bond acceptors (Lipinski definition) is 4. The summed E-state index contributed by atoms with van der Waals surface area (Å²) in [7, 11) is 3.17. The molecule has 2 amide bonds. The molecule has 24 heavy (non-hydrogen) atoms. The molecule has 0 aromatic heterocycles. The number of rotatable bonds is 8. The van der Waals surface area contributed by atoms with Crippen LogP contribution in [-0.2, 0) is 0 Å². The molecule has 0 aliphatic heterocycles. The fourth-order valence-electron chi connectivity index (χ4n) is 2.82. The van der Waals surface area contributed by atoms with Gasteiger partial charge in [0.25, 0.3) is 0 Å². The first kappa shape index (κ1) is 18.8. The van der Waals surface area contributed by atoms with Gasteiger partial charge in [-0.1, -0.05) is 19.3 Å². The molecule has 2 N–H and O–H groups in total. The van der Waals surface area contributed by atoms with Gasteiger partial charge in [-0.3, -0.25) is 0 Å². The Hall–Kier alpha value is -1.56. The Kier molecular flexibility index (Phi) is 8.08. The van der Waals surface area contributed by atoms with E-state index in [9.17, 15) is 4.79 Å². The Morgan fingerprint density at radius 1 is 1.21 bits per heavy atom. The van der Waals surface area contributed by atoms with Crippen molar-refractivity contribution in [1.82, 2.24) is 5.32 Å². The van der Waals surface area contributed by atoms with Gasteiger partial charge in [0.1, 0.15) is 11.5 Å². The molecule has 1 saturated carbocycles. The van der Waals surface area contributed by atoms with Crippen LogP contribution in [0.1, 0.15) is 38.5 Å². The van der Waals surface area contributed by atoms with Crippen LogP contribution in [0.25, 0.3) is 0 Å². The summed E-state index contributed by atoms with van der Waals surface area (Å²) < 4.78 is 10.4. The minimum Gasteiger partial charge on any atom is -0.497 e. The summed E-state index contributed by atoms with van der Waals surface area (Å²) in [5.41, 5.74) is 0.632. The molecule has 0 spiro atoms. The second-order valence-corrected chi connectivity index (χ2v) is 7.34. The summed E-state index contributed by atoms with van der Waals surface area (Å²) in [5, 5.41) is 6.54. The largest absolute Gasteiger partial charge is 0.497 e. The molecule has 0 unspecified atom stereocenters. The highest BCUT2D eigenvalue weighted by Gasteiger charge is 2.13. The van der Waals surface area contributed by atoms with Gasteiger partial charge in [0.15, 0.2) is 0 Å². The zero-order valence-corrected chi connectivity index (χ0v) is 15.4. The molecule has 1 fully saturated rings. The van der Waals surface area contributed by atoms with Crippen molar-refractivity contribution in [1.29, 1.82) is 0 Å². The highest BCUT2D eigenvalue weighted by atomic mass is 32.2. The average Bonchev–Trinajstić information content (AvgIpc) is 2.62. The molecule has 1 aliphatic carbocycles. The normalized spacial score (nSPS) is 14.9. The van der Waals surface area contributed by atoms with Crippen LogP contribution in [0.15, 0.2) is 18.2 Å². The van der Waals surface area contributed by atoms with Crippen molar-refractivity contribution in [2.75, 3.05) is 31.8 Å². The van der Waals surface area contributed by atoms with Crippen LogP contribution in [-0.4, -0.2) is 37.8 Å². The molecule has 0 bridgehead atoms. The molecule has 0 saturated heterocycles. The number of anilines is 1. The lowest BCUT2D eigenvalue weighted by molar-refractivity contribution is 0.252. The molecule has 1 aromatic rings. The van der Waals surface area contributed by atoms with E-state index >= 15 is 0 Å². The van der Waals surface area contributed by atoms with Crippen molar-refractivity contribution >= 4 is 23.5 Å². The maximum Gasteiger partial charge on any atom is 0.319 e. The summed E-state index contributed by atoms with van der Waals surface area (Å²) in [6.45, 7) is 0.685. The molecule has 134 valence electrons. The summed E-state index contributed by atoms with van der Waals surface area (Å²) >= 11 is 2.06. The molecular formula is C18H28N2O3S. The van der Waals surface area contributed by atoms with Gasteiger partial charge in [0, 0.05) is 17.9 Å². The van der Waals surface area contributed by atoms with Gasteiger partial charge in [-0.15, -0.1) is 0 Å². The lowest BCUT2D eigenvalue weighted by atomic mass is 10.0. The Morgan fingerprint density at radius 2 is 2.00 bits per heavy atom. The van der Waals surface area contributed by atoms with Crippen LogP contribution in [0.2, 0.25) is 0 Å². The summed E-state index contributed by atoms with van der Waals surface area (Å²) in [6.07, 6.45) is 7.86. The smallest absolute Gasteiger partial charge is 0.319 e. The van der Waals surface area contributed by atoms with E-state index < -0.39 is 0 Å². The maximum absolute atomic E-state index is 12.0. The molecular weight excluding hydrogens is 324 g/mol. The Labute approximate surface area is 148 Å². The Bertz CT molecular complexity index is 519. The van der Waals surface area contributed by atoms with E-state index in [1.807, 2.05) is 0 Å². The van der Waals surface area contributed by atoms with E-state index in [1.165, 1.54) is 32.1 Å². The van der Waals surface area contributed by atoms with Crippen molar-refractivity contribution < 1.29 is 14.3 Å². The van der Waals surface area contributed by atoms with Crippen LogP contribution < -0.4 is 20.1 Å². The van der Waals surface area contributed by atoms with Crippen LogP contribution in [0.5, 0.6) is 11.5 Å². The SMILES string of the molecule is COc1ccc(NC(=O)NCCCSC2CCCCC2)c(OC)c1. The number of methoxy groups -OCH3 is 2. The van der Waals surface area contributed by atoms with Gasteiger partial charge in [0.05, 0.1) is 19.9 Å². The number of amides is 2. The molecule has 2 rings (SSSR count). The number of hydrogen-bond donors (Lipinski definition) is 2. The zero-order chi connectivity index (χ0) is 17.2. The minimum atomic E-state index is -0.207. The highest BCUT2D eigenvalue weighted by Crippen LogP contribution is 2.29. The van der Waals surface area contributed by atoms with Crippen molar-refractivity contribution in [3.63, 3.8) is 0 Å². The fourth-order valence-corrected chi connectivity index (χ4v) is 4.14. The number of nitrogens with one attached hydrogen (secondary N) is 2. The number of benzene rings is 1. The van der Waals surface area contributed by atoms with Crippen molar-refractivity contribution in [3.05, 3.63) is 18.2 Å². The topological polar surface area (TPSA) is 59.6 Å². The van der Waals surface area contributed by atoms with Gasteiger partial charge >= 0.3 is 6.03 Å². The molecule has 1 aromatic carbocycles. The Balaban J connectivity index is 1.66. The van der Waals surface area contributed by atoms with E-state index in [2.05, 4.69) is 22.4 Å². The van der Waals surface area contributed by atoms with Crippen LogP contribution >= 0.6 is 11.8 Å². The average molecular weight is 353 g/mol. The molecule has 5 nitrogen and oxygen atoms in total. The Morgan fingerprint density at radius 3 is 2.71 bits per heavy atom. The molecule has 6 heteroatoms. The summed E-state index contributed by atoms with van der Waals surface area (Å²) in [6, 6.07) is 5.10. The van der Waals surface area contributed by atoms with Gasteiger partial charge < -0.3 is 20.1 Å². The summed E-state index contributed by atoms with van der Waals surface area (Å²) in [5.74, 6) is 2.38. The summed E-state index contributed by atoms with van der Waals surface area (Å²) in [4.78, 5) is 12.0. The number of thioether (sulfide) groups is 1. The van der Waals surface area contributed by atoms with Gasteiger partial charge in [-0.2, -0.15) is 11.8 Å². The van der Waals surface area contributed by atoms with E-state index in [4.69, 9.17) is 9.47 Å². The van der Waals surface area contributed by atoms with Gasteiger partial charge in [-0.05, 0) is 37.1 Å². The number of ether oxygens (including phenoxy) is 2. The number of carbonyl (C=O) groups excluding carboxylic acids is 1. The standard InChI is InChI=1S/C18H28N2O3S/c1-22-14-9-10-16(17(13-14)23-2)20-18(21)19-11-6-12-24-15-7-4-3-5-8-15/h9-10,13,15H,3-8,11-12H2,1-2H3,(H2,19,20,21). The van der Waals surface area contributed by atoms with E-state index in [0.717, 1.165) is 17.4 Å². The second kappa shape index (κ2) is 10.3. The predicted molar refractivity (Wildman–Crippen MR) is 101 cm³/mol. The van der Waals surface area contributed by atoms with Crippen LogP contribution in [0.3, 0.4) is 0 Å². The zero-order valence-electron chi connectivity index (χ0n) is 14.6. The van der Waals surface area contributed by atoms with Gasteiger partial charge in [0.2, 0.25) is 0 Å². The highest BCUT2D eigenvalue weighted by molar-refractivity contribution is 7.99. The van der Waals surface area contributed by atoms with E-state index in [-0.39, 0.29) is 6.03 Å². The number of carbonyl (C=O) groups is 1. The first-order valence-electron chi connectivity index (χ1n) is 8.61. The van der Waals surface area contributed by atoms with Crippen LogP contribution in [0, 0.1) is 0 Å². The number of urea groups is 1. The fraction of sp³-hybridized carbons (Fsp3) is 0.611. The third kappa shape index (κ3) is 6.15. The molecule has 1 aliphatic rings. The first-order chi connectivity index (χ1) is 11.7. The van der Waals surface area contributed by atoms with Crippen molar-refractivity contribution in [2.24, 2.45) is 0 Å².